The highest BCUT2D eigenvalue weighted by molar-refractivity contribution is 7.98. The molecule has 0 aliphatic carbocycles. The number of thiophene rings is 1. The molecule has 3 heterocycles. The van der Waals surface area contributed by atoms with Crippen molar-refractivity contribution in [2.45, 2.75) is 15.8 Å². The number of nitrogens with two attached hydrogens (primary N) is 1. The third kappa shape index (κ3) is 3.28. The minimum Gasteiger partial charge on any atom is -0.355 e. The predicted octanol–water partition coefficient (Wildman–Crippen LogP) is 3.23. The number of aryl methyl sites for hydroxylation is 1. The Hall–Kier alpha value is -2.14. The van der Waals surface area contributed by atoms with Crippen LogP contribution < -0.4 is 5.14 Å². The standard InChI is InChI=1S/C16H14N4O3S3/c1-20-13-5-4-11(26(17,21)22)8-12(13)18-16(20)25-9-10-7-14(23-19-10)15-3-2-6-24-15/h2-8H,9H2,1H3,(H2,17,21,22). The van der Waals surface area contributed by atoms with Crippen molar-refractivity contribution < 1.29 is 12.9 Å². The van der Waals surface area contributed by atoms with E-state index in [0.29, 0.717) is 11.3 Å². The van der Waals surface area contributed by atoms with Gasteiger partial charge in [-0.15, -0.1) is 11.3 Å². The van der Waals surface area contributed by atoms with E-state index in [-0.39, 0.29) is 4.90 Å². The van der Waals surface area contributed by atoms with Gasteiger partial charge >= 0.3 is 0 Å². The largest absolute Gasteiger partial charge is 0.355 e. The second-order valence-electron chi connectivity index (χ2n) is 5.60. The van der Waals surface area contributed by atoms with Gasteiger partial charge in [-0.05, 0) is 29.6 Å². The van der Waals surface area contributed by atoms with E-state index in [9.17, 15) is 8.42 Å². The number of nitrogens with zero attached hydrogens (tertiary/aromatic N) is 3. The number of primary sulfonamides is 1. The van der Waals surface area contributed by atoms with E-state index in [0.717, 1.165) is 27.0 Å². The quantitative estimate of drug-likeness (QED) is 0.510. The summed E-state index contributed by atoms with van der Waals surface area (Å²) in [7, 11) is -1.87. The molecule has 3 aromatic heterocycles. The fourth-order valence-electron chi connectivity index (χ4n) is 2.52. The Morgan fingerprint density at radius 3 is 2.88 bits per heavy atom. The van der Waals surface area contributed by atoms with Crippen LogP contribution in [0.3, 0.4) is 0 Å². The van der Waals surface area contributed by atoms with Crippen molar-refractivity contribution in [1.29, 1.82) is 0 Å². The Morgan fingerprint density at radius 1 is 1.31 bits per heavy atom. The zero-order valence-electron chi connectivity index (χ0n) is 13.6. The number of rotatable bonds is 5. The fraction of sp³-hybridized carbons (Fsp3) is 0.125. The summed E-state index contributed by atoms with van der Waals surface area (Å²) < 4.78 is 30.3. The number of fused-ring (bicyclic) bond motifs is 1. The van der Waals surface area contributed by atoms with Crippen LogP contribution >= 0.6 is 23.1 Å². The van der Waals surface area contributed by atoms with E-state index in [1.165, 1.54) is 23.9 Å². The van der Waals surface area contributed by atoms with E-state index >= 15 is 0 Å². The molecule has 0 atom stereocenters. The van der Waals surface area contributed by atoms with Crippen LogP contribution in [0, 0.1) is 0 Å². The van der Waals surface area contributed by atoms with Crippen LogP contribution in [0.2, 0.25) is 0 Å². The molecule has 0 saturated heterocycles. The second-order valence-corrected chi connectivity index (χ2v) is 9.05. The molecule has 134 valence electrons. The molecule has 0 aliphatic heterocycles. The lowest BCUT2D eigenvalue weighted by molar-refractivity contribution is 0.427. The Morgan fingerprint density at radius 2 is 2.15 bits per heavy atom. The van der Waals surface area contributed by atoms with Gasteiger partial charge in [0.25, 0.3) is 0 Å². The lowest BCUT2D eigenvalue weighted by Gasteiger charge is -2.00. The Balaban J connectivity index is 1.57. The van der Waals surface area contributed by atoms with Crippen LogP contribution in [-0.4, -0.2) is 23.1 Å². The van der Waals surface area contributed by atoms with Gasteiger partial charge in [-0.1, -0.05) is 23.0 Å². The van der Waals surface area contributed by atoms with Crippen molar-refractivity contribution in [3.8, 4) is 10.6 Å². The molecular formula is C16H14N4O3S3. The maximum atomic E-state index is 11.5. The number of thioether (sulfide) groups is 1. The molecule has 0 fully saturated rings. The lowest BCUT2D eigenvalue weighted by Crippen LogP contribution is -2.11. The normalized spacial score (nSPS) is 12.1. The van der Waals surface area contributed by atoms with Gasteiger partial charge in [-0.3, -0.25) is 0 Å². The molecule has 2 N–H and O–H groups in total. The summed E-state index contributed by atoms with van der Waals surface area (Å²) in [6, 6.07) is 10.5. The van der Waals surface area contributed by atoms with Gasteiger partial charge < -0.3 is 9.09 Å². The van der Waals surface area contributed by atoms with Gasteiger partial charge in [0.1, 0.15) is 0 Å². The first-order valence-electron chi connectivity index (χ1n) is 7.53. The molecule has 0 bridgehead atoms. The van der Waals surface area contributed by atoms with Crippen LogP contribution in [0.25, 0.3) is 21.7 Å². The Kier molecular flexibility index (Phi) is 4.35. The third-order valence-corrected chi connectivity index (χ3v) is 6.67. The van der Waals surface area contributed by atoms with E-state index in [1.54, 1.807) is 17.4 Å². The van der Waals surface area contributed by atoms with Crippen molar-refractivity contribution in [3.05, 3.63) is 47.5 Å². The molecule has 26 heavy (non-hydrogen) atoms. The van der Waals surface area contributed by atoms with Crippen molar-refractivity contribution in [2.24, 2.45) is 12.2 Å². The maximum absolute atomic E-state index is 11.5. The van der Waals surface area contributed by atoms with E-state index < -0.39 is 10.0 Å². The first-order valence-corrected chi connectivity index (χ1v) is 10.9. The van der Waals surface area contributed by atoms with Gasteiger partial charge in [0.15, 0.2) is 10.9 Å². The molecule has 7 nitrogen and oxygen atoms in total. The first kappa shape index (κ1) is 17.3. The monoisotopic (exact) mass is 406 g/mol. The summed E-state index contributed by atoms with van der Waals surface area (Å²) in [6.45, 7) is 0. The number of hydrogen-bond acceptors (Lipinski definition) is 7. The minimum absolute atomic E-state index is 0.0525. The SMILES string of the molecule is Cn1c(SCc2cc(-c3cccs3)on2)nc2cc(S(N)(=O)=O)ccc21. The van der Waals surface area contributed by atoms with E-state index in [4.69, 9.17) is 9.66 Å². The fourth-order valence-corrected chi connectivity index (χ4v) is 4.59. The molecule has 0 spiro atoms. The summed E-state index contributed by atoms with van der Waals surface area (Å²) in [5.41, 5.74) is 2.23. The molecule has 4 aromatic rings. The van der Waals surface area contributed by atoms with Gasteiger partial charge in [0.2, 0.25) is 10.0 Å². The zero-order chi connectivity index (χ0) is 18.3. The summed E-state index contributed by atoms with van der Waals surface area (Å²) in [4.78, 5) is 5.59. The highest BCUT2D eigenvalue weighted by Gasteiger charge is 2.14. The van der Waals surface area contributed by atoms with Crippen LogP contribution in [-0.2, 0) is 22.8 Å². The topological polar surface area (TPSA) is 104 Å². The molecule has 0 amide bonds. The van der Waals surface area contributed by atoms with Crippen LogP contribution in [0.1, 0.15) is 5.69 Å². The summed E-state index contributed by atoms with van der Waals surface area (Å²) in [5, 5.41) is 12.0. The van der Waals surface area contributed by atoms with Gasteiger partial charge in [-0.25, -0.2) is 18.5 Å². The summed E-state index contributed by atoms with van der Waals surface area (Å²) in [5.74, 6) is 1.34. The molecule has 0 radical (unpaired) electrons. The Labute approximate surface area is 157 Å². The average molecular weight is 407 g/mol. The molecule has 0 saturated carbocycles. The minimum atomic E-state index is -3.75. The van der Waals surface area contributed by atoms with Crippen molar-refractivity contribution in [3.63, 3.8) is 0 Å². The maximum Gasteiger partial charge on any atom is 0.238 e. The first-order chi connectivity index (χ1) is 12.4. The van der Waals surface area contributed by atoms with Crippen molar-refractivity contribution in [1.82, 2.24) is 14.7 Å². The number of aromatic nitrogens is 3. The number of imidazole rings is 1. The zero-order valence-corrected chi connectivity index (χ0v) is 16.1. The molecule has 0 aliphatic rings. The van der Waals surface area contributed by atoms with E-state index in [1.807, 2.05) is 35.2 Å². The average Bonchev–Trinajstić information content (AvgIpc) is 3.32. The molecular weight excluding hydrogens is 392 g/mol. The third-order valence-electron chi connectivity index (χ3n) is 3.81. The molecule has 1 aromatic carbocycles. The lowest BCUT2D eigenvalue weighted by atomic mass is 10.3. The van der Waals surface area contributed by atoms with Crippen LogP contribution in [0.15, 0.2) is 56.4 Å². The predicted molar refractivity (Wildman–Crippen MR) is 101 cm³/mol. The molecule has 4 rings (SSSR count). The van der Waals surface area contributed by atoms with Crippen LogP contribution in [0.4, 0.5) is 0 Å². The second kappa shape index (κ2) is 6.54. The highest BCUT2D eigenvalue weighted by Crippen LogP contribution is 2.29. The smallest absolute Gasteiger partial charge is 0.238 e. The molecule has 0 unspecified atom stereocenters. The van der Waals surface area contributed by atoms with E-state index in [2.05, 4.69) is 10.1 Å². The van der Waals surface area contributed by atoms with Crippen LogP contribution in [0.5, 0.6) is 0 Å². The highest BCUT2D eigenvalue weighted by atomic mass is 32.2. The van der Waals surface area contributed by atoms with Gasteiger partial charge in [0, 0.05) is 18.9 Å². The number of sulfonamides is 1. The number of hydrogen-bond donors (Lipinski definition) is 1. The number of benzene rings is 1. The summed E-state index contributed by atoms with van der Waals surface area (Å²) in [6.07, 6.45) is 0. The Bertz CT molecular complexity index is 1180. The van der Waals surface area contributed by atoms with Crippen molar-refractivity contribution >= 4 is 44.2 Å². The summed E-state index contributed by atoms with van der Waals surface area (Å²) >= 11 is 3.10. The molecule has 10 heteroatoms. The van der Waals surface area contributed by atoms with Gasteiger partial charge in [-0.2, -0.15) is 0 Å². The van der Waals surface area contributed by atoms with Crippen molar-refractivity contribution in [2.75, 3.05) is 0 Å². The van der Waals surface area contributed by atoms with Gasteiger partial charge in [0.05, 0.1) is 26.5 Å².